The molecule has 1 aliphatic heterocycles. The summed E-state index contributed by atoms with van der Waals surface area (Å²) in [5, 5.41) is 8.99. The Labute approximate surface area is 117 Å². The molecule has 1 heterocycles. The van der Waals surface area contributed by atoms with Gasteiger partial charge in [0.25, 0.3) is 0 Å². The summed E-state index contributed by atoms with van der Waals surface area (Å²) in [6, 6.07) is 8.44. The number of anilines is 1. The minimum Gasteiger partial charge on any atom is -0.371 e. The maximum absolute atomic E-state index is 8.99. The van der Waals surface area contributed by atoms with Gasteiger partial charge in [0.2, 0.25) is 0 Å². The number of aryl methyl sites for hydroxylation is 1. The first-order valence-electron chi connectivity index (χ1n) is 7.40. The third kappa shape index (κ3) is 2.76. The average Bonchev–Trinajstić information content (AvgIpc) is 2.47. The van der Waals surface area contributed by atoms with E-state index in [1.165, 1.54) is 31.4 Å². The number of hydrogen-bond donors (Lipinski definition) is 0. The van der Waals surface area contributed by atoms with Crippen LogP contribution in [0.3, 0.4) is 0 Å². The molecule has 0 spiro atoms. The number of nitrogens with zero attached hydrogens (tertiary/aromatic N) is 2. The lowest BCUT2D eigenvalue weighted by molar-refractivity contribution is 0.199. The maximum atomic E-state index is 8.99. The summed E-state index contributed by atoms with van der Waals surface area (Å²) in [5.41, 5.74) is 3.72. The molecule has 1 saturated heterocycles. The van der Waals surface area contributed by atoms with Gasteiger partial charge >= 0.3 is 0 Å². The summed E-state index contributed by atoms with van der Waals surface area (Å²) in [6.45, 7) is 8.96. The molecule has 0 unspecified atom stereocenters. The van der Waals surface area contributed by atoms with Gasteiger partial charge in [-0.1, -0.05) is 26.7 Å². The zero-order valence-corrected chi connectivity index (χ0v) is 12.4. The highest BCUT2D eigenvalue weighted by atomic mass is 15.1. The van der Waals surface area contributed by atoms with E-state index in [0.717, 1.165) is 24.2 Å². The second-order valence-electron chi connectivity index (χ2n) is 5.81. The molecule has 1 aromatic carbocycles. The quantitative estimate of drug-likeness (QED) is 0.807. The van der Waals surface area contributed by atoms with Crippen LogP contribution >= 0.6 is 0 Å². The van der Waals surface area contributed by atoms with Gasteiger partial charge in [-0.2, -0.15) is 5.26 Å². The third-order valence-electron chi connectivity index (χ3n) is 5.02. The van der Waals surface area contributed by atoms with Crippen LogP contribution in [0.5, 0.6) is 0 Å². The molecule has 0 bridgehead atoms. The molecule has 0 atom stereocenters. The molecule has 0 amide bonds. The Morgan fingerprint density at radius 2 is 1.84 bits per heavy atom. The lowest BCUT2D eigenvalue weighted by Gasteiger charge is -2.42. The van der Waals surface area contributed by atoms with Gasteiger partial charge in [-0.05, 0) is 48.9 Å². The van der Waals surface area contributed by atoms with Gasteiger partial charge in [-0.3, -0.25) is 0 Å². The molecule has 2 nitrogen and oxygen atoms in total. The summed E-state index contributed by atoms with van der Waals surface area (Å²) >= 11 is 0. The molecule has 1 aliphatic rings. The van der Waals surface area contributed by atoms with Crippen molar-refractivity contribution in [1.82, 2.24) is 0 Å². The normalized spacial score (nSPS) is 18.1. The highest BCUT2D eigenvalue weighted by Crippen LogP contribution is 2.39. The molecule has 102 valence electrons. The minimum atomic E-state index is 0.568. The Bertz CT molecular complexity index is 471. The van der Waals surface area contributed by atoms with Gasteiger partial charge in [0.05, 0.1) is 11.6 Å². The van der Waals surface area contributed by atoms with Crippen LogP contribution in [-0.4, -0.2) is 13.1 Å². The van der Waals surface area contributed by atoms with Crippen LogP contribution in [-0.2, 0) is 0 Å². The number of benzene rings is 1. The van der Waals surface area contributed by atoms with E-state index < -0.39 is 0 Å². The largest absolute Gasteiger partial charge is 0.371 e. The van der Waals surface area contributed by atoms with E-state index in [2.05, 4.69) is 36.9 Å². The number of piperidine rings is 1. The predicted octanol–water partition coefficient (Wildman–Crippen LogP) is 4.27. The van der Waals surface area contributed by atoms with Gasteiger partial charge in [0, 0.05) is 18.8 Å². The summed E-state index contributed by atoms with van der Waals surface area (Å²) in [6.07, 6.45) is 5.17. The summed E-state index contributed by atoms with van der Waals surface area (Å²) in [5.74, 6) is 0. The molecule has 2 heteroatoms. The van der Waals surface area contributed by atoms with E-state index in [4.69, 9.17) is 5.26 Å². The van der Waals surface area contributed by atoms with Gasteiger partial charge in [-0.15, -0.1) is 0 Å². The van der Waals surface area contributed by atoms with E-state index >= 15 is 0 Å². The molecule has 0 radical (unpaired) electrons. The van der Waals surface area contributed by atoms with Crippen molar-refractivity contribution in [3.8, 4) is 6.07 Å². The molecule has 0 aliphatic carbocycles. The fourth-order valence-electron chi connectivity index (χ4n) is 3.17. The predicted molar refractivity (Wildman–Crippen MR) is 80.4 cm³/mol. The third-order valence-corrected chi connectivity index (χ3v) is 5.02. The second kappa shape index (κ2) is 5.65. The van der Waals surface area contributed by atoms with E-state index in [-0.39, 0.29) is 0 Å². The molecule has 1 fully saturated rings. The smallest absolute Gasteiger partial charge is 0.0994 e. The van der Waals surface area contributed by atoms with E-state index in [9.17, 15) is 0 Å². The molecule has 2 rings (SSSR count). The van der Waals surface area contributed by atoms with Gasteiger partial charge < -0.3 is 4.90 Å². The zero-order valence-electron chi connectivity index (χ0n) is 12.4. The molecule has 0 aromatic heterocycles. The standard InChI is InChI=1S/C17H24N2/c1-4-17(5-2)8-10-19(11-9-17)16-7-6-15(13-18)14(3)12-16/h6-7,12H,4-5,8-11H2,1-3H3. The second-order valence-corrected chi connectivity index (χ2v) is 5.81. The van der Waals surface area contributed by atoms with Crippen molar-refractivity contribution in [2.24, 2.45) is 5.41 Å². The summed E-state index contributed by atoms with van der Waals surface area (Å²) in [7, 11) is 0. The Balaban J connectivity index is 2.10. The SMILES string of the molecule is CCC1(CC)CCN(c2ccc(C#N)c(C)c2)CC1. The van der Waals surface area contributed by atoms with Gasteiger partial charge in [0.15, 0.2) is 0 Å². The lowest BCUT2D eigenvalue weighted by atomic mass is 9.74. The Hall–Kier alpha value is -1.49. The number of rotatable bonds is 3. The van der Waals surface area contributed by atoms with Crippen molar-refractivity contribution in [1.29, 1.82) is 5.26 Å². The van der Waals surface area contributed by atoms with Crippen molar-refractivity contribution in [2.75, 3.05) is 18.0 Å². The van der Waals surface area contributed by atoms with Gasteiger partial charge in [0.1, 0.15) is 0 Å². The first-order chi connectivity index (χ1) is 9.14. The minimum absolute atomic E-state index is 0.568. The summed E-state index contributed by atoms with van der Waals surface area (Å²) in [4.78, 5) is 2.47. The summed E-state index contributed by atoms with van der Waals surface area (Å²) < 4.78 is 0. The zero-order chi connectivity index (χ0) is 13.9. The van der Waals surface area contributed by atoms with Crippen LogP contribution in [0.25, 0.3) is 0 Å². The maximum Gasteiger partial charge on any atom is 0.0994 e. The highest BCUT2D eigenvalue weighted by molar-refractivity contribution is 5.53. The van der Waals surface area contributed by atoms with Crippen molar-refractivity contribution in [3.05, 3.63) is 29.3 Å². The fourth-order valence-corrected chi connectivity index (χ4v) is 3.17. The molecule has 0 N–H and O–H groups in total. The van der Waals surface area contributed by atoms with Crippen LogP contribution in [0.1, 0.15) is 50.7 Å². The topological polar surface area (TPSA) is 27.0 Å². The van der Waals surface area contributed by atoms with Crippen LogP contribution in [0.2, 0.25) is 0 Å². The number of nitriles is 1. The molecule has 0 saturated carbocycles. The van der Waals surface area contributed by atoms with Crippen LogP contribution < -0.4 is 4.90 Å². The van der Waals surface area contributed by atoms with Crippen molar-refractivity contribution < 1.29 is 0 Å². The van der Waals surface area contributed by atoms with Crippen LogP contribution in [0, 0.1) is 23.7 Å². The lowest BCUT2D eigenvalue weighted by Crippen LogP contribution is -2.39. The molecular weight excluding hydrogens is 232 g/mol. The molecule has 1 aromatic rings. The Kier molecular flexibility index (Phi) is 4.14. The van der Waals surface area contributed by atoms with E-state index in [1.807, 2.05) is 13.0 Å². The molecule has 19 heavy (non-hydrogen) atoms. The Morgan fingerprint density at radius 1 is 1.21 bits per heavy atom. The van der Waals surface area contributed by atoms with Gasteiger partial charge in [-0.25, -0.2) is 0 Å². The van der Waals surface area contributed by atoms with Crippen LogP contribution in [0.15, 0.2) is 18.2 Å². The van der Waals surface area contributed by atoms with Crippen molar-refractivity contribution >= 4 is 5.69 Å². The van der Waals surface area contributed by atoms with E-state index in [0.29, 0.717) is 5.41 Å². The average molecular weight is 256 g/mol. The molecular formula is C17H24N2. The van der Waals surface area contributed by atoms with Crippen LogP contribution in [0.4, 0.5) is 5.69 Å². The van der Waals surface area contributed by atoms with E-state index in [1.54, 1.807) is 0 Å². The van der Waals surface area contributed by atoms with Crippen molar-refractivity contribution in [3.63, 3.8) is 0 Å². The van der Waals surface area contributed by atoms with Crippen molar-refractivity contribution in [2.45, 2.75) is 46.5 Å². The Morgan fingerprint density at radius 3 is 2.32 bits per heavy atom. The first-order valence-corrected chi connectivity index (χ1v) is 7.40. The fraction of sp³-hybridized carbons (Fsp3) is 0.588. The number of hydrogen-bond acceptors (Lipinski definition) is 2. The first kappa shape index (κ1) is 13.9. The highest BCUT2D eigenvalue weighted by Gasteiger charge is 2.31. The monoisotopic (exact) mass is 256 g/mol.